The molecule has 5 aliphatic rings. The molecule has 1 aromatic carbocycles. The molecule has 1 saturated heterocycles. The quantitative estimate of drug-likeness (QED) is 0.405. The van der Waals surface area contributed by atoms with E-state index in [9.17, 15) is 32.4 Å². The third-order valence-corrected chi connectivity index (χ3v) is 13.2. The van der Waals surface area contributed by atoms with Crippen LogP contribution in [0.15, 0.2) is 18.2 Å². The minimum atomic E-state index is -4.00. The van der Waals surface area contributed by atoms with E-state index < -0.39 is 74.3 Å². The Morgan fingerprint density at radius 1 is 1.07 bits per heavy atom. The smallest absolute Gasteiger partial charge is 0.544 e. The Kier molecular flexibility index (Phi) is 13.0. The molecule has 0 radical (unpaired) electrons. The Morgan fingerprint density at radius 3 is 2.43 bits per heavy atom. The molecule has 0 spiro atoms. The number of carbonyl (C=O) groups excluding carboxylic acids is 5. The van der Waals surface area contributed by atoms with Gasteiger partial charge >= 0.3 is 63.6 Å². The molecule has 5 atom stereocenters. The number of fused-ring (bicyclic) bond motifs is 3. The first-order valence-corrected chi connectivity index (χ1v) is 20.5. The summed E-state index contributed by atoms with van der Waals surface area (Å²) in [5, 5.41) is 4.86. The Labute approximate surface area is 361 Å². The number of ether oxygens (including phenoxy) is 2. The third-order valence-electron chi connectivity index (χ3n) is 11.5. The van der Waals surface area contributed by atoms with Gasteiger partial charge in [-0.3, -0.25) is 14.5 Å². The van der Waals surface area contributed by atoms with Crippen molar-refractivity contribution >= 4 is 39.9 Å². The van der Waals surface area contributed by atoms with Crippen molar-refractivity contribution in [2.45, 2.75) is 141 Å². The predicted octanol–water partition coefficient (Wildman–Crippen LogP) is 1.68. The van der Waals surface area contributed by atoms with E-state index in [1.54, 1.807) is 25.7 Å². The second kappa shape index (κ2) is 16.3. The third kappa shape index (κ3) is 9.47. The standard InChI is InChI=1S/C38H55N5O9S.K/c1-7-25-18-38(25,33(46)41-53(49,50)27-14-15-27)40-31(44)29-17-26-20-43(29)32(45)30(36(2,3)4)39-34(47)51-22-37(5,6)16-9-8-11-23-12-10-13-24-19-42(21-28(23)24)35(48)52-26;/h10,12-13,25-27,29-30H,7-9,11,14-22H2,1-6H3,(H3,39,40,41,44,46,47);/q;+1/p-1/t25-,26-,29+,30-,38-;/m1./s1. The zero-order valence-electron chi connectivity index (χ0n) is 32.7. The van der Waals surface area contributed by atoms with E-state index in [-0.39, 0.29) is 88.7 Å². The van der Waals surface area contributed by atoms with E-state index in [0.29, 0.717) is 32.4 Å². The summed E-state index contributed by atoms with van der Waals surface area (Å²) in [6, 6.07) is 3.78. The average molecular weight is 796 g/mol. The largest absolute Gasteiger partial charge is 1.00 e. The number of carbonyl (C=O) groups is 5. The minimum Gasteiger partial charge on any atom is -0.544 e. The number of sulfonamides is 1. The van der Waals surface area contributed by atoms with Gasteiger partial charge in [-0.2, -0.15) is 0 Å². The van der Waals surface area contributed by atoms with E-state index in [1.165, 1.54) is 10.5 Å². The van der Waals surface area contributed by atoms with Crippen LogP contribution >= 0.6 is 0 Å². The van der Waals surface area contributed by atoms with E-state index in [1.807, 2.05) is 32.9 Å². The monoisotopic (exact) mass is 795 g/mol. The summed E-state index contributed by atoms with van der Waals surface area (Å²) in [5.41, 5.74) is 0.670. The summed E-state index contributed by atoms with van der Waals surface area (Å²) >= 11 is 0. The van der Waals surface area contributed by atoms with Crippen molar-refractivity contribution in [2.24, 2.45) is 16.7 Å². The van der Waals surface area contributed by atoms with E-state index in [2.05, 4.69) is 21.4 Å². The molecule has 0 unspecified atom stereocenters. The van der Waals surface area contributed by atoms with Crippen LogP contribution in [0, 0.1) is 16.7 Å². The number of alkyl carbamates (subject to hydrolysis) is 1. The molecule has 14 nitrogen and oxygen atoms in total. The van der Waals surface area contributed by atoms with Gasteiger partial charge in [-0.25, -0.2) is 18.0 Å². The van der Waals surface area contributed by atoms with Gasteiger partial charge in [-0.15, -0.1) is 0 Å². The van der Waals surface area contributed by atoms with Crippen molar-refractivity contribution < 1.29 is 93.2 Å². The van der Waals surface area contributed by atoms with Crippen LogP contribution in [0.25, 0.3) is 4.72 Å². The Morgan fingerprint density at radius 2 is 1.78 bits per heavy atom. The van der Waals surface area contributed by atoms with Crippen LogP contribution in [0.1, 0.15) is 110 Å². The number of benzene rings is 1. The molecule has 5 amide bonds. The summed E-state index contributed by atoms with van der Waals surface area (Å²) in [5.74, 6) is -2.52. The fourth-order valence-corrected chi connectivity index (χ4v) is 9.18. The number of amides is 5. The first kappa shape index (κ1) is 42.9. The Balaban J connectivity index is 0.00000561. The Hall–Kier alpha value is -2.24. The Bertz CT molecular complexity index is 1760. The number of aryl methyl sites for hydroxylation is 1. The molecule has 6 rings (SSSR count). The van der Waals surface area contributed by atoms with Gasteiger partial charge in [0, 0.05) is 24.8 Å². The fourth-order valence-electron chi connectivity index (χ4n) is 7.90. The van der Waals surface area contributed by atoms with Gasteiger partial charge in [0.15, 0.2) is 0 Å². The summed E-state index contributed by atoms with van der Waals surface area (Å²) < 4.78 is 40.6. The molecule has 16 heteroatoms. The van der Waals surface area contributed by atoms with Crippen LogP contribution in [0.4, 0.5) is 9.59 Å². The van der Waals surface area contributed by atoms with Gasteiger partial charge in [0.1, 0.15) is 18.2 Å². The van der Waals surface area contributed by atoms with Gasteiger partial charge in [0.25, 0.3) is 0 Å². The number of nitrogens with one attached hydrogen (secondary N) is 2. The number of rotatable bonds is 6. The second-order valence-corrected chi connectivity index (χ2v) is 19.3. The first-order chi connectivity index (χ1) is 24.8. The molecular formula is C38H54KN5O9S. The van der Waals surface area contributed by atoms with Crippen molar-refractivity contribution in [3.63, 3.8) is 0 Å². The molecule has 2 saturated carbocycles. The average Bonchev–Trinajstić information content (AvgIpc) is 3.97. The summed E-state index contributed by atoms with van der Waals surface area (Å²) in [6.07, 6.45) is 2.79. The zero-order valence-corrected chi connectivity index (χ0v) is 36.7. The van der Waals surface area contributed by atoms with Crippen LogP contribution in [0.2, 0.25) is 0 Å². The molecule has 2 aliphatic carbocycles. The number of nitrogens with zero attached hydrogens (tertiary/aromatic N) is 3. The van der Waals surface area contributed by atoms with Gasteiger partial charge in [-0.05, 0) is 72.0 Å². The molecule has 4 bridgehead atoms. The molecule has 3 heterocycles. The summed E-state index contributed by atoms with van der Waals surface area (Å²) in [4.78, 5) is 72.0. The maximum absolute atomic E-state index is 14.5. The summed E-state index contributed by atoms with van der Waals surface area (Å²) in [7, 11) is -4.00. The maximum atomic E-state index is 14.5. The van der Waals surface area contributed by atoms with Crippen LogP contribution < -0.4 is 62.0 Å². The van der Waals surface area contributed by atoms with Gasteiger partial charge < -0.3 is 34.5 Å². The second-order valence-electron chi connectivity index (χ2n) is 17.4. The van der Waals surface area contributed by atoms with E-state index >= 15 is 0 Å². The number of cyclic esters (lactones) is 1. The van der Waals surface area contributed by atoms with Crippen LogP contribution in [-0.2, 0) is 53.4 Å². The molecule has 1 aromatic rings. The van der Waals surface area contributed by atoms with Gasteiger partial charge in [0.05, 0.1) is 34.6 Å². The molecule has 3 aliphatic heterocycles. The molecular weight excluding hydrogens is 742 g/mol. The normalized spacial score (nSPS) is 28.9. The van der Waals surface area contributed by atoms with Gasteiger partial charge in [0.2, 0.25) is 11.8 Å². The maximum Gasteiger partial charge on any atom is 1.00 e. The zero-order chi connectivity index (χ0) is 38.5. The topological polar surface area (TPSA) is 183 Å². The fraction of sp³-hybridized carbons (Fsp3) is 0.711. The van der Waals surface area contributed by atoms with Crippen molar-refractivity contribution in [1.29, 1.82) is 0 Å². The molecule has 292 valence electrons. The van der Waals surface area contributed by atoms with Crippen LogP contribution in [0.3, 0.4) is 0 Å². The van der Waals surface area contributed by atoms with Crippen molar-refractivity contribution in [2.75, 3.05) is 13.2 Å². The van der Waals surface area contributed by atoms with Crippen molar-refractivity contribution in [3.8, 4) is 0 Å². The molecule has 2 N–H and O–H groups in total. The first-order valence-electron chi connectivity index (χ1n) is 19.0. The SMILES string of the molecule is CC[C@@H]1C[C@]1(NC(=O)[C@@H]1C[C@@H]2CN1C(=O)[C@H](C(C)(C)C)NC(=O)OCC(C)(C)CCCCc1cccc3c1CN(C3)C(=O)O2)C(=O)[N-]S(=O)(=O)C1CC1.[K+]. The van der Waals surface area contributed by atoms with Crippen LogP contribution in [-0.4, -0.2) is 90.3 Å². The predicted molar refractivity (Wildman–Crippen MR) is 195 cm³/mol. The number of hydrogen-bond acceptors (Lipinski definition) is 9. The molecule has 0 aromatic heterocycles. The molecule has 54 heavy (non-hydrogen) atoms. The van der Waals surface area contributed by atoms with Crippen molar-refractivity contribution in [3.05, 3.63) is 39.6 Å². The summed E-state index contributed by atoms with van der Waals surface area (Å²) in [6.45, 7) is 12.0. The van der Waals surface area contributed by atoms with Gasteiger partial charge in [-0.1, -0.05) is 72.6 Å². The minimum absolute atomic E-state index is 0. The molecule has 3 fully saturated rings. The van der Waals surface area contributed by atoms with Crippen molar-refractivity contribution in [1.82, 2.24) is 20.4 Å². The van der Waals surface area contributed by atoms with Crippen LogP contribution in [0.5, 0.6) is 0 Å². The van der Waals surface area contributed by atoms with E-state index in [4.69, 9.17) is 9.47 Å². The number of hydrogen-bond donors (Lipinski definition) is 2. The van der Waals surface area contributed by atoms with E-state index in [0.717, 1.165) is 36.8 Å².